The molecule has 0 radical (unpaired) electrons. The first-order valence-corrected chi connectivity index (χ1v) is 8.32. The number of rotatable bonds is 9. The van der Waals surface area contributed by atoms with Crippen LogP contribution < -0.4 is 21.3 Å². The molecule has 0 fully saturated rings. The molecule has 0 aliphatic carbocycles. The van der Waals surface area contributed by atoms with E-state index in [1.54, 1.807) is 6.92 Å². The van der Waals surface area contributed by atoms with Crippen LogP contribution in [0.15, 0.2) is 0 Å². The molecule has 0 aromatic carbocycles. The molecule has 0 aliphatic rings. The van der Waals surface area contributed by atoms with Gasteiger partial charge < -0.3 is 26.4 Å². The van der Waals surface area contributed by atoms with Crippen molar-refractivity contribution in [2.45, 2.75) is 33.8 Å². The maximum atomic E-state index is 9.45. The fourth-order valence-corrected chi connectivity index (χ4v) is 2.15. The lowest BCUT2D eigenvalue weighted by Crippen LogP contribution is -2.18. The smallest absolute Gasteiger partial charge is 0.225 e. The highest BCUT2D eigenvalue weighted by atomic mass is 35.5. The number of halogens is 1. The minimum Gasteiger partial charge on any atom is -0.392 e. The zero-order valence-electron chi connectivity index (χ0n) is 15.1. The number of aliphatic hydroxyl groups excluding tert-OH is 1. The first-order valence-electron chi connectivity index (χ1n) is 8.32. The van der Waals surface area contributed by atoms with Crippen LogP contribution in [0, 0.1) is 0 Å². The second kappa shape index (κ2) is 10.00. The first kappa shape index (κ1) is 20.9. The van der Waals surface area contributed by atoms with Crippen LogP contribution in [0.3, 0.4) is 0 Å². The summed E-state index contributed by atoms with van der Waals surface area (Å²) in [5.74, 6) is 2.25. The van der Waals surface area contributed by atoms with Crippen molar-refractivity contribution >= 4 is 47.0 Å². The Kier molecular flexibility index (Phi) is 8.36. The number of nitrogens with one attached hydrogen (secondary N) is 4. The van der Waals surface area contributed by atoms with Gasteiger partial charge in [-0.2, -0.15) is 9.97 Å². The van der Waals surface area contributed by atoms with E-state index in [0.29, 0.717) is 54.2 Å². The van der Waals surface area contributed by atoms with Gasteiger partial charge in [0.2, 0.25) is 11.9 Å². The maximum Gasteiger partial charge on any atom is 0.225 e. The topological polar surface area (TPSA) is 120 Å². The van der Waals surface area contributed by atoms with Crippen molar-refractivity contribution in [3.8, 4) is 0 Å². The maximum absolute atomic E-state index is 9.45. The molecule has 0 unspecified atom stereocenters. The second-order valence-electron chi connectivity index (χ2n) is 5.31. The lowest BCUT2D eigenvalue weighted by atomic mass is 10.3. The van der Waals surface area contributed by atoms with Gasteiger partial charge in [0.25, 0.3) is 0 Å². The number of hydrogen-bond donors (Lipinski definition) is 5. The van der Waals surface area contributed by atoms with E-state index >= 15 is 0 Å². The minimum atomic E-state index is -0.493. The fourth-order valence-electron chi connectivity index (χ4n) is 2.15. The van der Waals surface area contributed by atoms with E-state index < -0.39 is 6.10 Å². The molecular formula is C15H27ClN8O. The van der Waals surface area contributed by atoms with Crippen LogP contribution in [0.2, 0.25) is 0 Å². The molecule has 0 spiro atoms. The first-order chi connectivity index (χ1) is 11.6. The van der Waals surface area contributed by atoms with Crippen LogP contribution in [-0.2, 0) is 0 Å². The number of hydrogen-bond acceptors (Lipinski definition) is 9. The monoisotopic (exact) mass is 370 g/mol. The van der Waals surface area contributed by atoms with E-state index in [1.165, 1.54) is 0 Å². The summed E-state index contributed by atoms with van der Waals surface area (Å²) in [6, 6.07) is 0. The van der Waals surface area contributed by atoms with Crippen LogP contribution >= 0.6 is 12.4 Å². The Morgan fingerprint density at radius 1 is 0.760 bits per heavy atom. The van der Waals surface area contributed by atoms with Gasteiger partial charge in [-0.3, -0.25) is 0 Å². The van der Waals surface area contributed by atoms with Crippen LogP contribution in [0.5, 0.6) is 0 Å². The Morgan fingerprint density at radius 2 is 1.20 bits per heavy atom. The van der Waals surface area contributed by atoms with Crippen LogP contribution in [0.25, 0.3) is 11.0 Å². The van der Waals surface area contributed by atoms with Crippen molar-refractivity contribution in [3.63, 3.8) is 0 Å². The second-order valence-corrected chi connectivity index (χ2v) is 5.31. The van der Waals surface area contributed by atoms with E-state index in [4.69, 9.17) is 0 Å². The normalized spacial score (nSPS) is 11.6. The minimum absolute atomic E-state index is 0. The van der Waals surface area contributed by atoms with Gasteiger partial charge in [0.15, 0.2) is 11.6 Å². The SMILES string of the molecule is CCNc1nc(NCC)c2nc(NC[C@@H](C)O)nc(NCC)c2n1.Cl. The number of anilines is 4. The molecular weight excluding hydrogens is 344 g/mol. The standard InChI is InChI=1S/C15H26N8O.ClH/c1-5-16-12-11-10(20-14(22-12)18-7-3)13(17-6-2)23-15(21-11)19-8-9(4)24;/h9,24H,5-8H2,1-4H3,(H2,16,18,20,22)(H2,17,19,21,23);1H/t9-;/m1./s1. The molecule has 10 heteroatoms. The summed E-state index contributed by atoms with van der Waals surface area (Å²) < 4.78 is 0. The van der Waals surface area contributed by atoms with Gasteiger partial charge in [0.1, 0.15) is 11.0 Å². The third kappa shape index (κ3) is 5.43. The lowest BCUT2D eigenvalue weighted by Gasteiger charge is -2.14. The highest BCUT2D eigenvalue weighted by Crippen LogP contribution is 2.26. The van der Waals surface area contributed by atoms with Crippen LogP contribution in [0.1, 0.15) is 27.7 Å². The van der Waals surface area contributed by atoms with Crippen LogP contribution in [-0.4, -0.2) is 57.3 Å². The van der Waals surface area contributed by atoms with E-state index in [-0.39, 0.29) is 12.4 Å². The average Bonchev–Trinajstić information content (AvgIpc) is 2.54. The van der Waals surface area contributed by atoms with Gasteiger partial charge in [-0.25, -0.2) is 9.97 Å². The highest BCUT2D eigenvalue weighted by Gasteiger charge is 2.15. The van der Waals surface area contributed by atoms with Crippen molar-refractivity contribution in [1.29, 1.82) is 0 Å². The molecule has 0 bridgehead atoms. The Bertz CT molecular complexity index is 682. The summed E-state index contributed by atoms with van der Waals surface area (Å²) in [7, 11) is 0. The summed E-state index contributed by atoms with van der Waals surface area (Å²) in [6.07, 6.45) is -0.493. The lowest BCUT2D eigenvalue weighted by molar-refractivity contribution is 0.208. The van der Waals surface area contributed by atoms with Crippen LogP contribution in [0.4, 0.5) is 23.5 Å². The zero-order chi connectivity index (χ0) is 17.5. The van der Waals surface area contributed by atoms with Gasteiger partial charge in [0.05, 0.1) is 6.10 Å². The Hall–Kier alpha value is -2.13. The van der Waals surface area contributed by atoms with E-state index in [2.05, 4.69) is 41.2 Å². The molecule has 25 heavy (non-hydrogen) atoms. The molecule has 1 atom stereocenters. The number of aromatic nitrogens is 4. The summed E-state index contributed by atoms with van der Waals surface area (Å²) in [4.78, 5) is 18.0. The van der Waals surface area contributed by atoms with E-state index in [0.717, 1.165) is 6.54 Å². The molecule has 0 saturated heterocycles. The molecule has 0 saturated carbocycles. The van der Waals surface area contributed by atoms with Gasteiger partial charge in [-0.15, -0.1) is 12.4 Å². The molecule has 5 N–H and O–H groups in total. The molecule has 2 aromatic rings. The molecule has 0 amide bonds. The Morgan fingerprint density at radius 3 is 1.60 bits per heavy atom. The van der Waals surface area contributed by atoms with E-state index in [9.17, 15) is 5.11 Å². The largest absolute Gasteiger partial charge is 0.392 e. The predicted octanol–water partition coefficient (Wildman–Crippen LogP) is 1.93. The van der Waals surface area contributed by atoms with Crippen molar-refractivity contribution in [2.24, 2.45) is 0 Å². The van der Waals surface area contributed by atoms with Gasteiger partial charge in [0, 0.05) is 26.2 Å². The average molecular weight is 371 g/mol. The highest BCUT2D eigenvalue weighted by molar-refractivity contribution is 5.94. The third-order valence-electron chi connectivity index (χ3n) is 3.12. The van der Waals surface area contributed by atoms with Crippen molar-refractivity contribution in [1.82, 2.24) is 19.9 Å². The summed E-state index contributed by atoms with van der Waals surface area (Å²) in [5.41, 5.74) is 1.29. The van der Waals surface area contributed by atoms with Gasteiger partial charge in [-0.1, -0.05) is 0 Å². The Labute approximate surface area is 153 Å². The quantitative estimate of drug-likeness (QED) is 0.450. The molecule has 9 nitrogen and oxygen atoms in total. The fraction of sp³-hybridized carbons (Fsp3) is 0.600. The Balaban J connectivity index is 0.00000312. The van der Waals surface area contributed by atoms with Gasteiger partial charge >= 0.3 is 0 Å². The molecule has 2 heterocycles. The molecule has 140 valence electrons. The van der Waals surface area contributed by atoms with Crippen molar-refractivity contribution in [2.75, 3.05) is 47.4 Å². The van der Waals surface area contributed by atoms with Crippen molar-refractivity contribution < 1.29 is 5.11 Å². The zero-order valence-corrected chi connectivity index (χ0v) is 15.9. The number of fused-ring (bicyclic) bond motifs is 1. The molecule has 2 rings (SSSR count). The number of nitrogens with zero attached hydrogens (tertiary/aromatic N) is 4. The van der Waals surface area contributed by atoms with E-state index in [1.807, 2.05) is 20.8 Å². The predicted molar refractivity (Wildman–Crippen MR) is 105 cm³/mol. The molecule has 2 aromatic heterocycles. The summed E-state index contributed by atoms with van der Waals surface area (Å²) in [5, 5.41) is 22.1. The third-order valence-corrected chi connectivity index (χ3v) is 3.12. The number of aliphatic hydroxyl groups is 1. The summed E-state index contributed by atoms with van der Waals surface area (Å²) >= 11 is 0. The van der Waals surface area contributed by atoms with Gasteiger partial charge in [-0.05, 0) is 27.7 Å². The summed E-state index contributed by atoms with van der Waals surface area (Å²) in [6.45, 7) is 10.2. The molecule has 0 aliphatic heterocycles. The van der Waals surface area contributed by atoms with Crippen molar-refractivity contribution in [3.05, 3.63) is 0 Å².